The van der Waals surface area contributed by atoms with Gasteiger partial charge in [-0.15, -0.1) is 0 Å². The summed E-state index contributed by atoms with van der Waals surface area (Å²) < 4.78 is 2.29. The number of pyridine rings is 1. The fourth-order valence-electron chi connectivity index (χ4n) is 3.51. The summed E-state index contributed by atoms with van der Waals surface area (Å²) in [6, 6.07) is 11.8. The zero-order valence-electron chi connectivity index (χ0n) is 16.4. The molecule has 1 unspecified atom stereocenters. The van der Waals surface area contributed by atoms with Gasteiger partial charge >= 0.3 is 0 Å². The first-order valence-corrected chi connectivity index (χ1v) is 11.4. The molecule has 150 valence electrons. The van der Waals surface area contributed by atoms with Crippen LogP contribution in [0.5, 0.6) is 0 Å². The second-order valence-electron chi connectivity index (χ2n) is 7.18. The van der Waals surface area contributed by atoms with Crippen LogP contribution in [0.2, 0.25) is 17.7 Å². The predicted molar refractivity (Wildman–Crippen MR) is 127 cm³/mol. The fourth-order valence-corrected chi connectivity index (χ4v) is 5.55. The maximum atomic E-state index is 9.19. The van der Waals surface area contributed by atoms with E-state index in [9.17, 15) is 5.26 Å². The third-order valence-electron chi connectivity index (χ3n) is 5.27. The lowest BCUT2D eigenvalue weighted by Gasteiger charge is -2.35. The Balaban J connectivity index is 1.83. The van der Waals surface area contributed by atoms with Gasteiger partial charge in [-0.3, -0.25) is 10.8 Å². The molecule has 0 amide bonds. The number of hydrazine groups is 1. The topological polar surface area (TPSA) is 78.0 Å². The molecule has 2 aromatic rings. The van der Waals surface area contributed by atoms with Crippen LogP contribution in [0.4, 0.5) is 5.69 Å². The maximum Gasteiger partial charge on any atom is 0.267 e. The fraction of sp³-hybridized carbons (Fsp3) is 0.286. The minimum atomic E-state index is -0.261. The summed E-state index contributed by atoms with van der Waals surface area (Å²) in [6.07, 6.45) is 5.72. The van der Waals surface area contributed by atoms with Gasteiger partial charge in [-0.25, -0.2) is 5.26 Å². The van der Waals surface area contributed by atoms with Crippen molar-refractivity contribution in [1.29, 1.82) is 5.26 Å². The van der Waals surface area contributed by atoms with Crippen molar-refractivity contribution in [2.75, 3.05) is 4.31 Å². The molecule has 0 aliphatic carbocycles. The van der Waals surface area contributed by atoms with Crippen LogP contribution in [-0.4, -0.2) is 22.8 Å². The number of nitrogens with one attached hydrogen (secondary N) is 1. The van der Waals surface area contributed by atoms with Crippen LogP contribution in [-0.2, 0) is 6.54 Å². The quantitative estimate of drug-likeness (QED) is 0.295. The number of rotatable bonds is 7. The molecule has 0 radical (unpaired) electrons. The molecular formula is C21H25BClN5S. The molecule has 2 heterocycles. The van der Waals surface area contributed by atoms with Crippen LogP contribution in [0.25, 0.3) is 5.70 Å². The van der Waals surface area contributed by atoms with E-state index in [0.29, 0.717) is 22.5 Å². The molecule has 0 saturated carbocycles. The van der Waals surface area contributed by atoms with Crippen molar-refractivity contribution < 1.29 is 0 Å². The number of nitrogens with two attached hydrogens (primary N) is 1. The first kappa shape index (κ1) is 21.4. The summed E-state index contributed by atoms with van der Waals surface area (Å²) in [7, 11) is -0.261. The number of nitriles is 1. The minimum Gasteiger partial charge on any atom is -0.324 e. The predicted octanol–water partition coefficient (Wildman–Crippen LogP) is 4.51. The van der Waals surface area contributed by atoms with Crippen LogP contribution in [0.1, 0.15) is 24.1 Å². The highest BCUT2D eigenvalue weighted by Gasteiger charge is 2.28. The molecule has 1 fully saturated rings. The van der Waals surface area contributed by atoms with Gasteiger partial charge in [0, 0.05) is 33.7 Å². The minimum absolute atomic E-state index is 0.182. The van der Waals surface area contributed by atoms with E-state index in [0.717, 1.165) is 42.4 Å². The Morgan fingerprint density at radius 3 is 2.72 bits per heavy atom. The van der Waals surface area contributed by atoms with E-state index in [4.69, 9.17) is 17.4 Å². The third-order valence-corrected chi connectivity index (χ3v) is 7.66. The van der Waals surface area contributed by atoms with Gasteiger partial charge in [0.15, 0.2) is 0 Å². The molecule has 3 N–H and O–H groups in total. The van der Waals surface area contributed by atoms with Crippen molar-refractivity contribution in [3.05, 3.63) is 65.5 Å². The van der Waals surface area contributed by atoms with E-state index in [1.807, 2.05) is 30.3 Å². The van der Waals surface area contributed by atoms with Crippen molar-refractivity contribution in [3.63, 3.8) is 0 Å². The lowest BCUT2D eigenvalue weighted by atomic mass is 9.43. The first-order valence-electron chi connectivity index (χ1n) is 9.58. The van der Waals surface area contributed by atoms with E-state index >= 15 is 0 Å². The lowest BCUT2D eigenvalue weighted by molar-refractivity contribution is 0.743. The van der Waals surface area contributed by atoms with E-state index in [1.54, 1.807) is 6.20 Å². The molecule has 3 rings (SSSR count). The number of halogens is 1. The van der Waals surface area contributed by atoms with Gasteiger partial charge < -0.3 is 9.73 Å². The summed E-state index contributed by atoms with van der Waals surface area (Å²) in [5, 5.41) is 10.4. The Kier molecular flexibility index (Phi) is 7.37. The van der Waals surface area contributed by atoms with E-state index in [1.165, 1.54) is 0 Å². The average Bonchev–Trinajstić information content (AvgIpc) is 2.77. The molecule has 1 aliphatic heterocycles. The largest absolute Gasteiger partial charge is 0.324 e. The Hall–Kier alpha value is -2.27. The number of nitrogens with zero attached hydrogens (tertiary/aromatic N) is 3. The molecule has 1 aliphatic rings. The Morgan fingerprint density at radius 1 is 1.38 bits per heavy atom. The molecule has 1 aromatic heterocycles. The van der Waals surface area contributed by atoms with Gasteiger partial charge in [-0.05, 0) is 43.2 Å². The number of benzene rings is 1. The smallest absolute Gasteiger partial charge is 0.267 e. The SMILES string of the molecule is C=C(NN)c1ccc(CN(c2cccc(Cl)c2)S(=C)C2CCB(C#N)CC2)nc1. The summed E-state index contributed by atoms with van der Waals surface area (Å²) in [5.41, 5.74) is 6.01. The van der Waals surface area contributed by atoms with E-state index in [2.05, 4.69) is 39.2 Å². The summed E-state index contributed by atoms with van der Waals surface area (Å²) in [6.45, 7) is 4.68. The zero-order valence-corrected chi connectivity index (χ0v) is 17.9. The van der Waals surface area contributed by atoms with Gasteiger partial charge in [0.25, 0.3) is 6.71 Å². The van der Waals surface area contributed by atoms with Gasteiger partial charge in [-0.2, -0.15) is 0 Å². The molecule has 1 atom stereocenters. The van der Waals surface area contributed by atoms with Gasteiger partial charge in [-0.1, -0.05) is 53.4 Å². The Labute approximate surface area is 180 Å². The molecule has 8 heteroatoms. The van der Waals surface area contributed by atoms with Crippen LogP contribution in [0, 0.1) is 11.2 Å². The van der Waals surface area contributed by atoms with Crippen molar-refractivity contribution in [2.45, 2.75) is 37.3 Å². The Bertz CT molecular complexity index is 919. The second kappa shape index (κ2) is 9.97. The molecular weight excluding hydrogens is 401 g/mol. The summed E-state index contributed by atoms with van der Waals surface area (Å²) in [4.78, 5) is 4.59. The van der Waals surface area contributed by atoms with Crippen LogP contribution in [0.15, 0.2) is 49.2 Å². The summed E-state index contributed by atoms with van der Waals surface area (Å²) in [5.74, 6) is 12.4. The highest BCUT2D eigenvalue weighted by Crippen LogP contribution is 2.39. The number of aromatic nitrogens is 1. The van der Waals surface area contributed by atoms with Crippen molar-refractivity contribution in [1.82, 2.24) is 10.4 Å². The molecule has 5 nitrogen and oxygen atoms in total. The van der Waals surface area contributed by atoms with Gasteiger partial charge in [0.2, 0.25) is 0 Å². The molecule has 0 spiro atoms. The first-order chi connectivity index (χ1) is 14.0. The Morgan fingerprint density at radius 2 is 2.14 bits per heavy atom. The highest BCUT2D eigenvalue weighted by atomic mass is 35.5. The maximum absolute atomic E-state index is 9.19. The second-order valence-corrected chi connectivity index (χ2v) is 9.53. The van der Waals surface area contributed by atoms with E-state index in [-0.39, 0.29) is 17.4 Å². The molecule has 0 bridgehead atoms. The average molecular weight is 426 g/mol. The molecule has 29 heavy (non-hydrogen) atoms. The van der Waals surface area contributed by atoms with Crippen molar-refractivity contribution in [3.8, 4) is 5.97 Å². The number of anilines is 1. The third kappa shape index (κ3) is 5.42. The zero-order chi connectivity index (χ0) is 20.8. The normalized spacial score (nSPS) is 15.4. The van der Waals surface area contributed by atoms with Crippen molar-refractivity contribution >= 4 is 46.2 Å². The number of hydrogen-bond donors (Lipinski definition) is 2. The van der Waals surface area contributed by atoms with Gasteiger partial charge in [0.1, 0.15) is 0 Å². The number of hydrogen-bond acceptors (Lipinski definition) is 5. The van der Waals surface area contributed by atoms with Gasteiger partial charge in [0.05, 0.1) is 17.9 Å². The van der Waals surface area contributed by atoms with Crippen LogP contribution >= 0.6 is 22.3 Å². The monoisotopic (exact) mass is 425 g/mol. The highest BCUT2D eigenvalue weighted by molar-refractivity contribution is 8.15. The van der Waals surface area contributed by atoms with Crippen LogP contribution in [0.3, 0.4) is 0 Å². The van der Waals surface area contributed by atoms with Crippen molar-refractivity contribution in [2.24, 2.45) is 5.84 Å². The molecule has 1 aromatic carbocycles. The van der Waals surface area contributed by atoms with Crippen LogP contribution < -0.4 is 15.6 Å². The standard InChI is InChI=1S/C21H25BClN5S/c1-16(27-25)17-6-7-19(26-13-17)14-28(20-5-3-4-18(23)12-20)29(2)21-8-10-22(15-24)11-9-21/h3-7,12-13,21,27H,1-2,8-11,14,25H2. The molecule has 1 saturated heterocycles. The van der Waals surface area contributed by atoms with E-state index < -0.39 is 0 Å². The lowest BCUT2D eigenvalue weighted by Crippen LogP contribution is -2.28. The summed E-state index contributed by atoms with van der Waals surface area (Å²) >= 11 is 6.27.